The molecular weight excluding hydrogens is 426 g/mol. The zero-order valence-electron chi connectivity index (χ0n) is 17.4. The Labute approximate surface area is 186 Å². The molecule has 1 aromatic heterocycles. The van der Waals surface area contributed by atoms with Gasteiger partial charge in [-0.2, -0.15) is 5.10 Å². The fraction of sp³-hybridized carbons (Fsp3) is 0.300. The zero-order chi connectivity index (χ0) is 22.4. The number of carboxylic acid groups (broad SMARTS) is 2. The Bertz CT molecular complexity index is 908. The van der Waals surface area contributed by atoms with E-state index >= 15 is 0 Å². The van der Waals surface area contributed by atoms with Crippen molar-refractivity contribution in [2.75, 3.05) is 13.7 Å². The summed E-state index contributed by atoms with van der Waals surface area (Å²) in [4.78, 5) is 26.5. The number of H-pyrrole nitrogens is 1. The van der Waals surface area contributed by atoms with Gasteiger partial charge in [-0.25, -0.2) is 15.0 Å². The van der Waals surface area contributed by atoms with Gasteiger partial charge in [-0.1, -0.05) is 19.8 Å². The number of aromatic amines is 1. The summed E-state index contributed by atoms with van der Waals surface area (Å²) in [7, 11) is 1.65. The Morgan fingerprint density at radius 2 is 1.90 bits per heavy atom. The molecule has 0 aliphatic heterocycles. The number of ether oxygens (including phenoxy) is 1. The van der Waals surface area contributed by atoms with Crippen LogP contribution in [0.25, 0.3) is 10.9 Å². The Kier molecular flexibility index (Phi) is 13.6. The first kappa shape index (κ1) is 27.5. The molecule has 0 radical (unpaired) electrons. The summed E-state index contributed by atoms with van der Waals surface area (Å²) >= 11 is 0. The van der Waals surface area contributed by atoms with Gasteiger partial charge in [0, 0.05) is 41.4 Å². The number of carbonyl (C=O) groups is 2. The molecule has 1 aromatic carbocycles. The molecule has 2 rings (SSSR count). The minimum atomic E-state index is -1.26. The SMILES string of the molecule is CCCCCN=C(N)N/N=C/c1c[nH]c2ccc(OC)cc12.Cl.O=C(O)/C=C/C(=O)O. The van der Waals surface area contributed by atoms with Crippen LogP contribution in [0.1, 0.15) is 31.7 Å². The largest absolute Gasteiger partial charge is 0.497 e. The normalized spacial score (nSPS) is 11.1. The van der Waals surface area contributed by atoms with E-state index in [1.165, 1.54) is 6.42 Å². The fourth-order valence-electron chi connectivity index (χ4n) is 2.26. The van der Waals surface area contributed by atoms with Crippen molar-refractivity contribution in [3.8, 4) is 5.75 Å². The van der Waals surface area contributed by atoms with Gasteiger partial charge in [0.1, 0.15) is 5.75 Å². The van der Waals surface area contributed by atoms with E-state index in [4.69, 9.17) is 20.7 Å². The van der Waals surface area contributed by atoms with Gasteiger partial charge in [-0.15, -0.1) is 12.4 Å². The first-order chi connectivity index (χ1) is 14.4. The number of fused-ring (bicyclic) bond motifs is 1. The number of unbranched alkanes of at least 4 members (excludes halogenated alkanes) is 2. The van der Waals surface area contributed by atoms with E-state index in [0.29, 0.717) is 18.1 Å². The van der Waals surface area contributed by atoms with Crippen molar-refractivity contribution in [3.63, 3.8) is 0 Å². The predicted molar refractivity (Wildman–Crippen MR) is 123 cm³/mol. The number of aromatic nitrogens is 1. The van der Waals surface area contributed by atoms with Crippen molar-refractivity contribution >= 4 is 47.4 Å². The second-order valence-electron chi connectivity index (χ2n) is 6.01. The minimum absolute atomic E-state index is 0. The lowest BCUT2D eigenvalue weighted by molar-refractivity contribution is -0.134. The lowest BCUT2D eigenvalue weighted by Crippen LogP contribution is -2.27. The number of guanidine groups is 1. The Balaban J connectivity index is 0.000000858. The highest BCUT2D eigenvalue weighted by Crippen LogP contribution is 2.22. The molecule has 10 nitrogen and oxygen atoms in total. The van der Waals surface area contributed by atoms with Crippen LogP contribution in [0, 0.1) is 0 Å². The second-order valence-corrected chi connectivity index (χ2v) is 6.01. The van der Waals surface area contributed by atoms with Crippen LogP contribution in [0.15, 0.2) is 46.6 Å². The molecule has 0 aliphatic carbocycles. The van der Waals surface area contributed by atoms with E-state index in [0.717, 1.165) is 41.6 Å². The molecule has 1 heterocycles. The van der Waals surface area contributed by atoms with E-state index in [1.54, 1.807) is 13.3 Å². The number of nitrogens with two attached hydrogens (primary N) is 1. The van der Waals surface area contributed by atoms with Gasteiger partial charge in [0.05, 0.1) is 13.3 Å². The molecule has 11 heteroatoms. The molecule has 0 amide bonds. The number of aliphatic imine (C=N–C) groups is 1. The first-order valence-electron chi connectivity index (χ1n) is 9.25. The van der Waals surface area contributed by atoms with Gasteiger partial charge in [0.2, 0.25) is 5.96 Å². The number of aliphatic carboxylic acids is 2. The van der Waals surface area contributed by atoms with Gasteiger partial charge in [0.25, 0.3) is 0 Å². The topological polar surface area (TPSA) is 162 Å². The van der Waals surface area contributed by atoms with Gasteiger partial charge in [-0.05, 0) is 24.6 Å². The number of rotatable bonds is 9. The molecule has 0 bridgehead atoms. The number of benzene rings is 1. The number of hydrogen-bond donors (Lipinski definition) is 5. The average Bonchev–Trinajstić information content (AvgIpc) is 3.12. The highest BCUT2D eigenvalue weighted by atomic mass is 35.5. The molecule has 0 atom stereocenters. The molecular formula is C20H28ClN5O5. The molecule has 2 aromatic rings. The highest BCUT2D eigenvalue weighted by Gasteiger charge is 2.03. The zero-order valence-corrected chi connectivity index (χ0v) is 18.2. The Morgan fingerprint density at radius 3 is 2.48 bits per heavy atom. The maximum Gasteiger partial charge on any atom is 0.328 e. The van der Waals surface area contributed by atoms with E-state index in [1.807, 2.05) is 24.4 Å². The molecule has 0 fully saturated rings. The standard InChI is InChI=1S/C16H23N5O.C4H4O4.ClH/c1-3-4-5-8-18-16(17)21-20-11-12-10-19-15-7-6-13(22-2)9-14(12)15;5-3(6)1-2-4(7)8;/h6-7,9-11,19H,3-5,8H2,1-2H3,(H3,17,18,21);1-2H,(H,5,6)(H,7,8);1H/b20-11+;2-1+;. The molecule has 0 spiro atoms. The third kappa shape index (κ3) is 11.3. The number of carboxylic acids is 2. The summed E-state index contributed by atoms with van der Waals surface area (Å²) in [5.41, 5.74) is 10.5. The van der Waals surface area contributed by atoms with Crippen LogP contribution < -0.4 is 15.9 Å². The van der Waals surface area contributed by atoms with Crippen LogP contribution in [0.3, 0.4) is 0 Å². The third-order valence-corrected chi connectivity index (χ3v) is 3.72. The van der Waals surface area contributed by atoms with Gasteiger partial charge in [-0.3, -0.25) is 4.99 Å². The van der Waals surface area contributed by atoms with Crippen molar-refractivity contribution in [3.05, 3.63) is 42.1 Å². The Morgan fingerprint density at radius 1 is 1.23 bits per heavy atom. The fourth-order valence-corrected chi connectivity index (χ4v) is 2.26. The number of hydrogen-bond acceptors (Lipinski definition) is 5. The van der Waals surface area contributed by atoms with Crippen molar-refractivity contribution < 1.29 is 24.5 Å². The van der Waals surface area contributed by atoms with Gasteiger partial charge in [0.15, 0.2) is 0 Å². The van der Waals surface area contributed by atoms with Gasteiger partial charge < -0.3 is 25.7 Å². The molecule has 0 saturated heterocycles. The number of nitrogens with zero attached hydrogens (tertiary/aromatic N) is 2. The van der Waals surface area contributed by atoms with E-state index in [9.17, 15) is 9.59 Å². The number of nitrogens with one attached hydrogen (secondary N) is 2. The first-order valence-corrected chi connectivity index (χ1v) is 9.25. The summed E-state index contributed by atoms with van der Waals surface area (Å²) < 4.78 is 5.24. The monoisotopic (exact) mass is 453 g/mol. The van der Waals surface area contributed by atoms with E-state index in [-0.39, 0.29) is 12.4 Å². The lowest BCUT2D eigenvalue weighted by atomic mass is 10.2. The average molecular weight is 454 g/mol. The number of methoxy groups -OCH3 is 1. The maximum absolute atomic E-state index is 9.55. The van der Waals surface area contributed by atoms with Crippen LogP contribution >= 0.6 is 12.4 Å². The van der Waals surface area contributed by atoms with Crippen LogP contribution in [0.2, 0.25) is 0 Å². The minimum Gasteiger partial charge on any atom is -0.497 e. The van der Waals surface area contributed by atoms with Crippen LogP contribution in [-0.2, 0) is 9.59 Å². The van der Waals surface area contributed by atoms with Crippen molar-refractivity contribution in [1.29, 1.82) is 0 Å². The summed E-state index contributed by atoms with van der Waals surface area (Å²) in [6.45, 7) is 2.89. The van der Waals surface area contributed by atoms with Crippen molar-refractivity contribution in [2.24, 2.45) is 15.8 Å². The Hall–Kier alpha value is -3.53. The summed E-state index contributed by atoms with van der Waals surface area (Å²) in [6.07, 6.45) is 8.11. The molecule has 31 heavy (non-hydrogen) atoms. The molecule has 0 aliphatic rings. The lowest BCUT2D eigenvalue weighted by Gasteiger charge is -2.00. The molecule has 0 saturated carbocycles. The van der Waals surface area contributed by atoms with Crippen LogP contribution in [-0.4, -0.2) is 53.0 Å². The van der Waals surface area contributed by atoms with E-state index < -0.39 is 11.9 Å². The second kappa shape index (κ2) is 15.3. The number of halogens is 1. The van der Waals surface area contributed by atoms with E-state index in [2.05, 4.69) is 27.4 Å². The smallest absolute Gasteiger partial charge is 0.328 e. The molecule has 0 unspecified atom stereocenters. The molecule has 170 valence electrons. The quantitative estimate of drug-likeness (QED) is 0.128. The van der Waals surface area contributed by atoms with Crippen molar-refractivity contribution in [1.82, 2.24) is 10.4 Å². The maximum atomic E-state index is 9.55. The highest BCUT2D eigenvalue weighted by molar-refractivity contribution is 5.99. The summed E-state index contributed by atoms with van der Waals surface area (Å²) in [5.74, 6) is -1.36. The molecule has 6 N–H and O–H groups in total. The third-order valence-electron chi connectivity index (χ3n) is 3.72. The summed E-state index contributed by atoms with van der Waals surface area (Å²) in [6, 6.07) is 5.86. The van der Waals surface area contributed by atoms with Crippen molar-refractivity contribution in [2.45, 2.75) is 26.2 Å². The van der Waals surface area contributed by atoms with Crippen LogP contribution in [0.5, 0.6) is 5.75 Å². The summed E-state index contributed by atoms with van der Waals surface area (Å²) in [5, 5.41) is 20.8. The predicted octanol–water partition coefficient (Wildman–Crippen LogP) is 2.74. The van der Waals surface area contributed by atoms with Gasteiger partial charge >= 0.3 is 11.9 Å². The number of hydrazone groups is 1. The van der Waals surface area contributed by atoms with Crippen LogP contribution in [0.4, 0.5) is 0 Å².